The van der Waals surface area contributed by atoms with Crippen molar-refractivity contribution in [3.05, 3.63) is 0 Å². The van der Waals surface area contributed by atoms with Crippen molar-refractivity contribution in [2.45, 2.75) is 150 Å². The summed E-state index contributed by atoms with van der Waals surface area (Å²) in [6.45, 7) is 36.5. The molecule has 0 radical (unpaired) electrons. The third-order valence-corrected chi connectivity index (χ3v) is 5.72. The van der Waals surface area contributed by atoms with E-state index in [0.29, 0.717) is 6.04 Å². The summed E-state index contributed by atoms with van der Waals surface area (Å²) in [4.78, 5) is 9.96. The van der Waals surface area contributed by atoms with Crippen molar-refractivity contribution in [2.24, 2.45) is 4.99 Å². The van der Waals surface area contributed by atoms with Crippen molar-refractivity contribution in [2.75, 3.05) is 19.7 Å². The molecular weight excluding hydrogens is 382 g/mol. The van der Waals surface area contributed by atoms with Crippen LogP contribution in [0.3, 0.4) is 0 Å². The van der Waals surface area contributed by atoms with E-state index in [1.807, 2.05) is 0 Å². The number of ether oxygens (including phenoxy) is 1. The Bertz CT molecular complexity index is 539. The highest BCUT2D eigenvalue weighted by Crippen LogP contribution is 2.30. The van der Waals surface area contributed by atoms with Crippen LogP contribution in [0, 0.1) is 0 Å². The van der Waals surface area contributed by atoms with Crippen LogP contribution in [0.1, 0.15) is 117 Å². The fourth-order valence-electron chi connectivity index (χ4n) is 4.35. The normalized spacial score (nSPS) is 16.0. The molecule has 0 heterocycles. The minimum Gasteiger partial charge on any atom is -0.375 e. The molecule has 0 fully saturated rings. The maximum atomic E-state index is 6.04. The number of rotatable bonds is 10. The van der Waals surface area contributed by atoms with E-state index in [1.165, 1.54) is 0 Å². The third kappa shape index (κ3) is 13.0. The molecule has 0 N–H and O–H groups in total. The average Bonchev–Trinajstić information content (AvgIpc) is 2.49. The van der Waals surface area contributed by atoms with Crippen molar-refractivity contribution in [3.8, 4) is 0 Å². The highest BCUT2D eigenvalue weighted by atomic mass is 16.5. The molecule has 0 aliphatic heterocycles. The zero-order valence-corrected chi connectivity index (χ0v) is 23.9. The molecule has 1 atom stereocenters. The summed E-state index contributed by atoms with van der Waals surface area (Å²) in [7, 11) is 0. The second kappa shape index (κ2) is 11.1. The van der Waals surface area contributed by atoms with Gasteiger partial charge in [0.15, 0.2) is 0 Å². The Morgan fingerprint density at radius 3 is 1.71 bits per heavy atom. The monoisotopic (exact) mass is 439 g/mol. The van der Waals surface area contributed by atoms with Gasteiger partial charge in [-0.25, -0.2) is 0 Å². The number of aliphatic imine (C=N–C) groups is 1. The van der Waals surface area contributed by atoms with Gasteiger partial charge >= 0.3 is 0 Å². The molecule has 0 amide bonds. The molecule has 1 unspecified atom stereocenters. The summed E-state index contributed by atoms with van der Waals surface area (Å²) >= 11 is 0. The van der Waals surface area contributed by atoms with E-state index < -0.39 is 0 Å². The van der Waals surface area contributed by atoms with E-state index in [0.717, 1.165) is 32.5 Å². The van der Waals surface area contributed by atoms with Crippen LogP contribution in [-0.2, 0) is 4.74 Å². The van der Waals surface area contributed by atoms with Crippen molar-refractivity contribution >= 4 is 6.21 Å². The first-order valence-electron chi connectivity index (χ1n) is 12.3. The zero-order chi connectivity index (χ0) is 24.9. The summed E-state index contributed by atoms with van der Waals surface area (Å²) in [5.74, 6) is 0. The van der Waals surface area contributed by atoms with E-state index in [4.69, 9.17) is 9.73 Å². The Kier molecular flexibility index (Phi) is 11.0. The SMILES string of the molecule is CC(CCC(C)(C)N(C/C=N/C(C)(C)C)C(C)(C)C)N(CCOC(C)(C)C)C(C)(C)C. The summed E-state index contributed by atoms with van der Waals surface area (Å²) in [5, 5.41) is 0. The van der Waals surface area contributed by atoms with Gasteiger partial charge < -0.3 is 4.74 Å². The first-order valence-corrected chi connectivity index (χ1v) is 12.3. The second-order valence-electron chi connectivity index (χ2n) is 13.8. The first-order chi connectivity index (χ1) is 13.6. The summed E-state index contributed by atoms with van der Waals surface area (Å²) in [6, 6.07) is 0.493. The minimum atomic E-state index is -0.0867. The number of hydrogen-bond acceptors (Lipinski definition) is 4. The quantitative estimate of drug-likeness (QED) is 0.350. The van der Waals surface area contributed by atoms with Gasteiger partial charge in [-0.05, 0) is 117 Å². The van der Waals surface area contributed by atoms with Crippen molar-refractivity contribution in [3.63, 3.8) is 0 Å². The Labute approximate surface area is 196 Å². The van der Waals surface area contributed by atoms with Crippen LogP contribution in [-0.4, -0.2) is 69.5 Å². The first kappa shape index (κ1) is 30.6. The van der Waals surface area contributed by atoms with Crippen LogP contribution in [0.4, 0.5) is 0 Å². The van der Waals surface area contributed by atoms with E-state index in [-0.39, 0.29) is 27.8 Å². The van der Waals surface area contributed by atoms with Gasteiger partial charge in [0, 0.05) is 42.0 Å². The smallest absolute Gasteiger partial charge is 0.0600 e. The summed E-state index contributed by atoms with van der Waals surface area (Å²) in [6.07, 6.45) is 4.41. The topological polar surface area (TPSA) is 28.1 Å². The number of hydrogen-bond donors (Lipinski definition) is 0. The van der Waals surface area contributed by atoms with Crippen LogP contribution in [0.25, 0.3) is 0 Å². The van der Waals surface area contributed by atoms with Crippen LogP contribution in [0.2, 0.25) is 0 Å². The van der Waals surface area contributed by atoms with E-state index in [1.54, 1.807) is 0 Å². The zero-order valence-electron chi connectivity index (χ0n) is 23.9. The summed E-state index contributed by atoms with van der Waals surface area (Å²) in [5.41, 5.74) is 0.178. The largest absolute Gasteiger partial charge is 0.375 e. The lowest BCUT2D eigenvalue weighted by Crippen LogP contribution is -2.56. The lowest BCUT2D eigenvalue weighted by Gasteiger charge is -2.48. The Morgan fingerprint density at radius 2 is 1.32 bits per heavy atom. The molecule has 0 saturated carbocycles. The lowest BCUT2D eigenvalue weighted by molar-refractivity contribution is -0.0344. The average molecular weight is 440 g/mol. The van der Waals surface area contributed by atoms with Crippen molar-refractivity contribution in [1.29, 1.82) is 0 Å². The van der Waals surface area contributed by atoms with Crippen LogP contribution in [0.15, 0.2) is 4.99 Å². The van der Waals surface area contributed by atoms with Crippen LogP contribution in [0.5, 0.6) is 0 Å². The second-order valence-corrected chi connectivity index (χ2v) is 13.8. The Morgan fingerprint density at radius 1 is 0.806 bits per heavy atom. The molecule has 0 aromatic rings. The molecule has 0 bridgehead atoms. The molecule has 0 spiro atoms. The van der Waals surface area contributed by atoms with E-state index in [2.05, 4.69) is 120 Å². The van der Waals surface area contributed by atoms with Gasteiger partial charge in [0.25, 0.3) is 0 Å². The van der Waals surface area contributed by atoms with Crippen molar-refractivity contribution < 1.29 is 4.74 Å². The van der Waals surface area contributed by atoms with E-state index in [9.17, 15) is 0 Å². The van der Waals surface area contributed by atoms with Gasteiger partial charge in [0.05, 0.1) is 17.7 Å². The molecule has 0 aliphatic carbocycles. The number of nitrogens with zero attached hydrogens (tertiary/aromatic N) is 3. The molecule has 0 rings (SSSR count). The van der Waals surface area contributed by atoms with Crippen molar-refractivity contribution in [1.82, 2.24) is 9.80 Å². The third-order valence-electron chi connectivity index (χ3n) is 5.72. The molecule has 4 heteroatoms. The van der Waals surface area contributed by atoms with E-state index >= 15 is 0 Å². The van der Waals surface area contributed by atoms with Gasteiger partial charge in [-0.1, -0.05) is 0 Å². The van der Waals surface area contributed by atoms with Gasteiger partial charge in [0.1, 0.15) is 0 Å². The molecule has 0 aromatic heterocycles. The Balaban J connectivity index is 5.26. The van der Waals surface area contributed by atoms with Crippen LogP contribution < -0.4 is 0 Å². The maximum Gasteiger partial charge on any atom is 0.0600 e. The van der Waals surface area contributed by atoms with Gasteiger partial charge in [-0.3, -0.25) is 14.8 Å². The molecule has 4 nitrogen and oxygen atoms in total. The molecule has 186 valence electrons. The van der Waals surface area contributed by atoms with Gasteiger partial charge in [-0.2, -0.15) is 0 Å². The highest BCUT2D eigenvalue weighted by molar-refractivity contribution is 5.60. The standard InChI is InChI=1S/C27H57N3O/c1-22(29(24(5,6)7)20-21-31-26(11,12)13)16-17-27(14,15)30(25(8,9)10)19-18-28-23(2,3)4/h18,22H,16-17,19-21H2,1-15H3/b28-18+. The van der Waals surface area contributed by atoms with Gasteiger partial charge in [0.2, 0.25) is 0 Å². The molecule has 31 heavy (non-hydrogen) atoms. The molecule has 0 saturated heterocycles. The van der Waals surface area contributed by atoms with Crippen LogP contribution >= 0.6 is 0 Å². The Hall–Kier alpha value is -0.450. The maximum absolute atomic E-state index is 6.04. The lowest BCUT2D eigenvalue weighted by atomic mass is 9.88. The van der Waals surface area contributed by atoms with Gasteiger partial charge in [-0.15, -0.1) is 0 Å². The fraction of sp³-hybridized carbons (Fsp3) is 0.963. The fourth-order valence-corrected chi connectivity index (χ4v) is 4.35. The summed E-state index contributed by atoms with van der Waals surface area (Å²) < 4.78 is 6.04. The molecule has 0 aromatic carbocycles. The predicted octanol–water partition coefficient (Wildman–Crippen LogP) is 6.82. The minimum absolute atomic E-state index is 0.0233. The highest BCUT2D eigenvalue weighted by Gasteiger charge is 2.35. The molecular formula is C27H57N3O. The predicted molar refractivity (Wildman–Crippen MR) is 140 cm³/mol. The molecule has 0 aliphatic rings.